The molecule has 1 heterocycles. The van der Waals surface area contributed by atoms with Crippen LogP contribution in [0.2, 0.25) is 0 Å². The molecule has 0 radical (unpaired) electrons. The van der Waals surface area contributed by atoms with Crippen LogP contribution in [0.25, 0.3) is 0 Å². The Morgan fingerprint density at radius 2 is 1.95 bits per heavy atom. The van der Waals surface area contributed by atoms with Crippen LogP contribution in [-0.2, 0) is 4.79 Å². The number of likely N-dealkylation sites (N-methyl/N-ethyl adjacent to an activating group) is 1. The SMILES string of the molecule is CCC1(CC)Oc2ccc(C(C)=O)cc2N(C)C1=O. The molecule has 102 valence electrons. The molecule has 1 amide bonds. The zero-order chi connectivity index (χ0) is 14.2. The van der Waals surface area contributed by atoms with Crippen molar-refractivity contribution in [3.05, 3.63) is 23.8 Å². The zero-order valence-electron chi connectivity index (χ0n) is 11.8. The fourth-order valence-electron chi connectivity index (χ4n) is 2.45. The molecule has 0 unspecified atom stereocenters. The highest BCUT2D eigenvalue weighted by Gasteiger charge is 2.44. The number of hydrogen-bond acceptors (Lipinski definition) is 3. The third-order valence-corrected chi connectivity index (χ3v) is 3.87. The van der Waals surface area contributed by atoms with Crippen LogP contribution in [0.1, 0.15) is 44.0 Å². The Hall–Kier alpha value is -1.84. The number of ketones is 1. The maximum Gasteiger partial charge on any atom is 0.270 e. The van der Waals surface area contributed by atoms with E-state index in [1.54, 1.807) is 30.1 Å². The average Bonchev–Trinajstić information content (AvgIpc) is 2.42. The van der Waals surface area contributed by atoms with E-state index in [0.717, 1.165) is 0 Å². The lowest BCUT2D eigenvalue weighted by atomic mass is 9.92. The normalized spacial score (nSPS) is 16.8. The second-order valence-electron chi connectivity index (χ2n) is 4.91. The molecule has 1 aromatic carbocycles. The van der Waals surface area contributed by atoms with Crippen molar-refractivity contribution in [2.45, 2.75) is 39.2 Å². The molecule has 1 aliphatic heterocycles. The van der Waals surface area contributed by atoms with Crippen molar-refractivity contribution >= 4 is 17.4 Å². The van der Waals surface area contributed by atoms with Gasteiger partial charge in [-0.05, 0) is 38.0 Å². The first-order chi connectivity index (χ1) is 8.95. The summed E-state index contributed by atoms with van der Waals surface area (Å²) in [6, 6.07) is 5.22. The number of rotatable bonds is 3. The zero-order valence-corrected chi connectivity index (χ0v) is 11.8. The Bertz CT molecular complexity index is 532. The molecule has 19 heavy (non-hydrogen) atoms. The lowest BCUT2D eigenvalue weighted by Gasteiger charge is -2.40. The first kappa shape index (κ1) is 13.6. The molecule has 0 fully saturated rings. The van der Waals surface area contributed by atoms with Gasteiger partial charge in [0.15, 0.2) is 11.4 Å². The Labute approximate surface area is 113 Å². The number of carbonyl (C=O) groups is 2. The van der Waals surface area contributed by atoms with E-state index >= 15 is 0 Å². The summed E-state index contributed by atoms with van der Waals surface area (Å²) in [6.45, 7) is 5.41. The Balaban J connectivity index is 2.52. The van der Waals surface area contributed by atoms with Crippen molar-refractivity contribution in [2.75, 3.05) is 11.9 Å². The van der Waals surface area contributed by atoms with Crippen molar-refractivity contribution in [3.63, 3.8) is 0 Å². The molecule has 2 rings (SSSR count). The maximum absolute atomic E-state index is 12.5. The standard InChI is InChI=1S/C15H19NO3/c1-5-15(6-2)14(18)16(4)12-9-11(10(3)17)7-8-13(12)19-15/h7-9H,5-6H2,1-4H3. The van der Waals surface area contributed by atoms with Gasteiger partial charge in [-0.15, -0.1) is 0 Å². The van der Waals surface area contributed by atoms with E-state index in [4.69, 9.17) is 4.74 Å². The summed E-state index contributed by atoms with van der Waals surface area (Å²) in [7, 11) is 1.73. The van der Waals surface area contributed by atoms with Crippen molar-refractivity contribution in [2.24, 2.45) is 0 Å². The fraction of sp³-hybridized carbons (Fsp3) is 0.467. The molecule has 0 saturated carbocycles. The summed E-state index contributed by atoms with van der Waals surface area (Å²) in [5, 5.41) is 0. The van der Waals surface area contributed by atoms with Gasteiger partial charge in [-0.1, -0.05) is 13.8 Å². The molecule has 4 nitrogen and oxygen atoms in total. The van der Waals surface area contributed by atoms with E-state index in [2.05, 4.69) is 0 Å². The van der Waals surface area contributed by atoms with Crippen LogP contribution in [0.5, 0.6) is 5.75 Å². The smallest absolute Gasteiger partial charge is 0.270 e. The van der Waals surface area contributed by atoms with E-state index in [0.29, 0.717) is 29.8 Å². The largest absolute Gasteiger partial charge is 0.475 e. The lowest BCUT2D eigenvalue weighted by molar-refractivity contribution is -0.135. The second-order valence-corrected chi connectivity index (χ2v) is 4.91. The van der Waals surface area contributed by atoms with Crippen molar-refractivity contribution < 1.29 is 14.3 Å². The molecule has 0 bridgehead atoms. The number of Topliss-reactive ketones (excluding diaryl/α,β-unsaturated/α-hetero) is 1. The molecule has 0 saturated heterocycles. The van der Waals surface area contributed by atoms with Gasteiger partial charge in [0.1, 0.15) is 5.75 Å². The van der Waals surface area contributed by atoms with Crippen molar-refractivity contribution in [1.29, 1.82) is 0 Å². The highest BCUT2D eigenvalue weighted by atomic mass is 16.5. The summed E-state index contributed by atoms with van der Waals surface area (Å²) in [5.41, 5.74) is 0.470. The number of carbonyl (C=O) groups excluding carboxylic acids is 2. The summed E-state index contributed by atoms with van der Waals surface area (Å²) in [5.74, 6) is 0.591. The van der Waals surface area contributed by atoms with E-state index in [1.165, 1.54) is 6.92 Å². The molecule has 0 aliphatic carbocycles. The quantitative estimate of drug-likeness (QED) is 0.786. The van der Waals surface area contributed by atoms with Crippen molar-refractivity contribution in [1.82, 2.24) is 0 Å². The van der Waals surface area contributed by atoms with Crippen LogP contribution in [-0.4, -0.2) is 24.3 Å². The summed E-state index contributed by atoms with van der Waals surface area (Å²) in [4.78, 5) is 25.5. The Kier molecular flexibility index (Phi) is 3.35. The molecule has 0 atom stereocenters. The molecular formula is C15H19NO3. The lowest BCUT2D eigenvalue weighted by Crippen LogP contribution is -2.54. The third kappa shape index (κ3) is 2.01. The van der Waals surface area contributed by atoms with Crippen LogP contribution >= 0.6 is 0 Å². The minimum Gasteiger partial charge on any atom is -0.475 e. The Morgan fingerprint density at radius 1 is 1.32 bits per heavy atom. The molecular weight excluding hydrogens is 242 g/mol. The molecule has 1 aliphatic rings. The average molecular weight is 261 g/mol. The van der Waals surface area contributed by atoms with Gasteiger partial charge in [0, 0.05) is 12.6 Å². The number of nitrogens with zero attached hydrogens (tertiary/aromatic N) is 1. The van der Waals surface area contributed by atoms with Gasteiger partial charge in [-0.25, -0.2) is 0 Å². The topological polar surface area (TPSA) is 46.6 Å². The van der Waals surface area contributed by atoms with Crippen LogP contribution in [0.3, 0.4) is 0 Å². The first-order valence-corrected chi connectivity index (χ1v) is 6.57. The van der Waals surface area contributed by atoms with Crippen LogP contribution in [0.15, 0.2) is 18.2 Å². The van der Waals surface area contributed by atoms with Gasteiger partial charge in [-0.2, -0.15) is 0 Å². The number of anilines is 1. The maximum atomic E-state index is 12.5. The molecule has 1 aromatic rings. The summed E-state index contributed by atoms with van der Waals surface area (Å²) >= 11 is 0. The van der Waals surface area contributed by atoms with Gasteiger partial charge >= 0.3 is 0 Å². The van der Waals surface area contributed by atoms with E-state index in [1.807, 2.05) is 13.8 Å². The summed E-state index contributed by atoms with van der Waals surface area (Å²) < 4.78 is 5.93. The van der Waals surface area contributed by atoms with Crippen molar-refractivity contribution in [3.8, 4) is 5.75 Å². The predicted molar refractivity (Wildman–Crippen MR) is 73.8 cm³/mol. The van der Waals surface area contributed by atoms with Crippen LogP contribution < -0.4 is 9.64 Å². The molecule has 0 N–H and O–H groups in total. The molecule has 0 spiro atoms. The first-order valence-electron chi connectivity index (χ1n) is 6.57. The monoisotopic (exact) mass is 261 g/mol. The highest BCUT2D eigenvalue weighted by Crippen LogP contribution is 2.40. The van der Waals surface area contributed by atoms with E-state index < -0.39 is 5.60 Å². The summed E-state index contributed by atoms with van der Waals surface area (Å²) in [6.07, 6.45) is 1.25. The predicted octanol–water partition coefficient (Wildman–Crippen LogP) is 2.80. The third-order valence-electron chi connectivity index (χ3n) is 3.87. The minimum atomic E-state index is -0.778. The number of ether oxygens (including phenoxy) is 1. The van der Waals surface area contributed by atoms with Gasteiger partial charge in [0.25, 0.3) is 5.91 Å². The van der Waals surface area contributed by atoms with Crippen LogP contribution in [0, 0.1) is 0 Å². The number of hydrogen-bond donors (Lipinski definition) is 0. The van der Waals surface area contributed by atoms with Gasteiger partial charge in [0.2, 0.25) is 0 Å². The van der Waals surface area contributed by atoms with Crippen LogP contribution in [0.4, 0.5) is 5.69 Å². The van der Waals surface area contributed by atoms with Gasteiger partial charge < -0.3 is 9.64 Å². The van der Waals surface area contributed by atoms with E-state index in [9.17, 15) is 9.59 Å². The van der Waals surface area contributed by atoms with Gasteiger partial charge in [-0.3, -0.25) is 9.59 Å². The highest BCUT2D eigenvalue weighted by molar-refractivity contribution is 6.04. The second kappa shape index (κ2) is 4.68. The minimum absolute atomic E-state index is 0.0218. The molecule has 4 heteroatoms. The number of amides is 1. The number of benzene rings is 1. The van der Waals surface area contributed by atoms with E-state index in [-0.39, 0.29) is 11.7 Å². The Morgan fingerprint density at radius 3 is 2.47 bits per heavy atom. The fourth-order valence-corrected chi connectivity index (χ4v) is 2.45. The molecule has 0 aromatic heterocycles. The van der Waals surface area contributed by atoms with Gasteiger partial charge in [0.05, 0.1) is 5.69 Å². The number of fused-ring (bicyclic) bond motifs is 1.